The third-order valence-corrected chi connectivity index (χ3v) is 1.67. The Morgan fingerprint density at radius 1 is 1.64 bits per heavy atom. The molecule has 2 atom stereocenters. The summed E-state index contributed by atoms with van der Waals surface area (Å²) in [4.78, 5) is 21.1. The molecule has 0 aromatic rings. The van der Waals surface area contributed by atoms with Gasteiger partial charge in [-0.2, -0.15) is 4.91 Å². The summed E-state index contributed by atoms with van der Waals surface area (Å²) in [6, 6.07) is -0.559. The molecule has 4 nitrogen and oxygen atoms in total. The predicted molar refractivity (Wildman–Crippen MR) is 38.6 cm³/mol. The highest BCUT2D eigenvalue weighted by Crippen LogP contribution is 2.19. The fourth-order valence-electron chi connectivity index (χ4n) is 0.932. The molecule has 0 saturated carbocycles. The van der Waals surface area contributed by atoms with Crippen molar-refractivity contribution in [1.29, 1.82) is 0 Å². The first-order chi connectivity index (χ1) is 5.15. The highest BCUT2D eigenvalue weighted by Gasteiger charge is 2.29. The lowest BCUT2D eigenvalue weighted by Gasteiger charge is -2.19. The van der Waals surface area contributed by atoms with E-state index in [9.17, 15) is 9.70 Å². The molecule has 60 valence electrons. The van der Waals surface area contributed by atoms with Gasteiger partial charge in [0.15, 0.2) is 0 Å². The molecule has 0 N–H and O–H groups in total. The van der Waals surface area contributed by atoms with Crippen molar-refractivity contribution in [3.05, 3.63) is 16.7 Å². The van der Waals surface area contributed by atoms with Crippen LogP contribution in [0.25, 0.3) is 0 Å². The minimum atomic E-state index is -0.559. The number of carbonyl (C=O) groups excluding carboxylic acids is 1. The van der Waals surface area contributed by atoms with Crippen molar-refractivity contribution in [2.75, 3.05) is 0 Å². The molecule has 0 fully saturated rings. The van der Waals surface area contributed by atoms with Gasteiger partial charge in [0.05, 0.1) is 5.92 Å². The lowest BCUT2D eigenvalue weighted by molar-refractivity contribution is -0.145. The number of rotatable bonds is 1. The standard InChI is InChI=1S/C7H9NO3/c1-4-3-6(8-10)5(2)7(9)11-4/h3,5-6H,1-2H3. The van der Waals surface area contributed by atoms with E-state index in [-0.39, 0.29) is 5.97 Å². The van der Waals surface area contributed by atoms with Crippen LogP contribution in [0.4, 0.5) is 0 Å². The molecule has 0 aromatic carbocycles. The second-order valence-electron chi connectivity index (χ2n) is 2.58. The minimum Gasteiger partial charge on any atom is -0.431 e. The number of hydrogen-bond donors (Lipinski definition) is 0. The van der Waals surface area contributed by atoms with Crippen LogP contribution in [-0.2, 0) is 9.53 Å². The monoisotopic (exact) mass is 155 g/mol. The average Bonchev–Trinajstić information content (AvgIpc) is 1.96. The Hall–Kier alpha value is -1.19. The molecule has 0 amide bonds. The number of esters is 1. The lowest BCUT2D eigenvalue weighted by Crippen LogP contribution is -2.28. The van der Waals surface area contributed by atoms with Crippen molar-refractivity contribution in [3.63, 3.8) is 0 Å². The molecule has 1 aliphatic rings. The van der Waals surface area contributed by atoms with Crippen molar-refractivity contribution in [2.45, 2.75) is 19.9 Å². The molecular formula is C7H9NO3. The molecule has 4 heteroatoms. The van der Waals surface area contributed by atoms with E-state index in [1.165, 1.54) is 0 Å². The Morgan fingerprint density at radius 2 is 2.27 bits per heavy atom. The van der Waals surface area contributed by atoms with Crippen LogP contribution in [0, 0.1) is 10.8 Å². The fraction of sp³-hybridized carbons (Fsp3) is 0.571. The van der Waals surface area contributed by atoms with E-state index in [2.05, 4.69) is 5.18 Å². The molecule has 0 spiro atoms. The maximum absolute atomic E-state index is 10.9. The first kappa shape index (κ1) is 7.91. The molecule has 1 rings (SSSR count). The second kappa shape index (κ2) is 2.82. The number of nitrogens with zero attached hydrogens (tertiary/aromatic N) is 1. The van der Waals surface area contributed by atoms with Gasteiger partial charge < -0.3 is 4.74 Å². The van der Waals surface area contributed by atoms with E-state index in [1.54, 1.807) is 19.9 Å². The molecule has 0 saturated heterocycles. The number of cyclic esters (lactones) is 1. The summed E-state index contributed by atoms with van der Waals surface area (Å²) >= 11 is 0. The van der Waals surface area contributed by atoms with Crippen LogP contribution in [0.1, 0.15) is 13.8 Å². The molecule has 2 unspecified atom stereocenters. The van der Waals surface area contributed by atoms with Crippen LogP contribution in [0.5, 0.6) is 0 Å². The van der Waals surface area contributed by atoms with Crippen molar-refractivity contribution >= 4 is 5.97 Å². The van der Waals surface area contributed by atoms with Crippen LogP contribution in [0.2, 0.25) is 0 Å². The van der Waals surface area contributed by atoms with Gasteiger partial charge in [0.1, 0.15) is 11.8 Å². The van der Waals surface area contributed by atoms with E-state index in [0.29, 0.717) is 5.76 Å². The van der Waals surface area contributed by atoms with Crippen LogP contribution in [0.3, 0.4) is 0 Å². The Morgan fingerprint density at radius 3 is 2.82 bits per heavy atom. The summed E-state index contributed by atoms with van der Waals surface area (Å²) in [5, 5.41) is 2.80. The van der Waals surface area contributed by atoms with Gasteiger partial charge in [0.25, 0.3) is 0 Å². The number of carbonyl (C=O) groups is 1. The summed E-state index contributed by atoms with van der Waals surface area (Å²) in [5.41, 5.74) is 0. The van der Waals surface area contributed by atoms with Crippen LogP contribution in [-0.4, -0.2) is 12.0 Å². The van der Waals surface area contributed by atoms with Gasteiger partial charge >= 0.3 is 5.97 Å². The molecule has 0 radical (unpaired) electrons. The van der Waals surface area contributed by atoms with Gasteiger partial charge in [0.2, 0.25) is 0 Å². The quantitative estimate of drug-likeness (QED) is 0.422. The summed E-state index contributed by atoms with van der Waals surface area (Å²) in [6.45, 7) is 3.25. The highest BCUT2D eigenvalue weighted by atomic mass is 16.5. The molecule has 0 aliphatic carbocycles. The topological polar surface area (TPSA) is 55.7 Å². The molecule has 11 heavy (non-hydrogen) atoms. The zero-order chi connectivity index (χ0) is 8.43. The second-order valence-corrected chi connectivity index (χ2v) is 2.58. The largest absolute Gasteiger partial charge is 0.431 e. The van der Waals surface area contributed by atoms with Gasteiger partial charge in [-0.05, 0) is 19.9 Å². The summed E-state index contributed by atoms with van der Waals surface area (Å²) in [5.74, 6) is -0.372. The third-order valence-electron chi connectivity index (χ3n) is 1.67. The first-order valence-corrected chi connectivity index (χ1v) is 3.37. The first-order valence-electron chi connectivity index (χ1n) is 3.37. The van der Waals surface area contributed by atoms with Crippen LogP contribution in [0.15, 0.2) is 17.0 Å². The van der Waals surface area contributed by atoms with E-state index in [4.69, 9.17) is 4.74 Å². The normalized spacial score (nSPS) is 30.7. The number of hydrogen-bond acceptors (Lipinski definition) is 4. The summed E-state index contributed by atoms with van der Waals surface area (Å²) < 4.78 is 4.75. The Balaban J connectivity index is 2.86. The Labute approximate surface area is 64.2 Å². The molecule has 0 aromatic heterocycles. The molecule has 1 heterocycles. The number of ether oxygens (including phenoxy) is 1. The Bertz CT molecular complexity index is 222. The smallest absolute Gasteiger partial charge is 0.316 e. The van der Waals surface area contributed by atoms with Gasteiger partial charge in [-0.1, -0.05) is 5.18 Å². The molecule has 1 aliphatic heterocycles. The van der Waals surface area contributed by atoms with Gasteiger partial charge in [-0.15, -0.1) is 0 Å². The summed E-state index contributed by atoms with van der Waals surface area (Å²) in [6.07, 6.45) is 1.55. The van der Waals surface area contributed by atoms with Gasteiger partial charge in [-0.3, -0.25) is 4.79 Å². The maximum atomic E-state index is 10.9. The van der Waals surface area contributed by atoms with Crippen molar-refractivity contribution in [1.82, 2.24) is 0 Å². The van der Waals surface area contributed by atoms with Gasteiger partial charge in [0, 0.05) is 0 Å². The Kier molecular flexibility index (Phi) is 2.03. The SMILES string of the molecule is CC1=CC(N=O)C(C)C(=O)O1. The fourth-order valence-corrected chi connectivity index (χ4v) is 0.932. The lowest BCUT2D eigenvalue weighted by atomic mass is 10.0. The van der Waals surface area contributed by atoms with E-state index >= 15 is 0 Å². The molecule has 0 bridgehead atoms. The number of nitroso groups, excluding NO2 is 1. The zero-order valence-electron chi connectivity index (χ0n) is 6.40. The number of allylic oxidation sites excluding steroid dienone is 1. The third kappa shape index (κ3) is 1.45. The van der Waals surface area contributed by atoms with E-state index in [0.717, 1.165) is 0 Å². The van der Waals surface area contributed by atoms with Crippen LogP contribution < -0.4 is 0 Å². The van der Waals surface area contributed by atoms with Crippen molar-refractivity contribution in [3.8, 4) is 0 Å². The average molecular weight is 155 g/mol. The van der Waals surface area contributed by atoms with Crippen LogP contribution >= 0.6 is 0 Å². The highest BCUT2D eigenvalue weighted by molar-refractivity contribution is 5.75. The molecular weight excluding hydrogens is 146 g/mol. The maximum Gasteiger partial charge on any atom is 0.316 e. The van der Waals surface area contributed by atoms with Gasteiger partial charge in [-0.25, -0.2) is 0 Å². The summed E-state index contributed by atoms with van der Waals surface area (Å²) in [7, 11) is 0. The minimum absolute atomic E-state index is 0.380. The van der Waals surface area contributed by atoms with E-state index in [1.807, 2.05) is 0 Å². The van der Waals surface area contributed by atoms with E-state index < -0.39 is 12.0 Å². The van der Waals surface area contributed by atoms with Crippen molar-refractivity contribution < 1.29 is 9.53 Å². The van der Waals surface area contributed by atoms with Crippen molar-refractivity contribution in [2.24, 2.45) is 11.1 Å². The zero-order valence-corrected chi connectivity index (χ0v) is 6.40. The predicted octanol–water partition coefficient (Wildman–Crippen LogP) is 1.22.